The van der Waals surface area contributed by atoms with Gasteiger partial charge in [-0.25, -0.2) is 0 Å². The van der Waals surface area contributed by atoms with Crippen molar-refractivity contribution in [3.63, 3.8) is 0 Å². The normalized spacial score (nSPS) is 19.1. The van der Waals surface area contributed by atoms with Gasteiger partial charge in [-0.1, -0.05) is 6.92 Å². The molecule has 0 saturated carbocycles. The number of hydrogen-bond acceptors (Lipinski definition) is 6. The van der Waals surface area contributed by atoms with Gasteiger partial charge in [0.1, 0.15) is 0 Å². The standard InChI is InChI=1S/C9H10N4O4/c1-2-3-11-6-7(12(14)15)4-8(13(16)17)9(11)5-10/h4,6,9H,2-3H2,1H3. The third-order valence-electron chi connectivity index (χ3n) is 2.23. The van der Waals surface area contributed by atoms with Crippen molar-refractivity contribution in [2.45, 2.75) is 19.4 Å². The summed E-state index contributed by atoms with van der Waals surface area (Å²) in [6, 6.07) is 0.703. The van der Waals surface area contributed by atoms with Gasteiger partial charge in [-0.15, -0.1) is 0 Å². The van der Waals surface area contributed by atoms with E-state index in [4.69, 9.17) is 5.26 Å². The molecule has 1 aliphatic heterocycles. The Kier molecular flexibility index (Phi) is 3.77. The second-order valence-electron chi connectivity index (χ2n) is 3.41. The van der Waals surface area contributed by atoms with Gasteiger partial charge < -0.3 is 4.90 Å². The predicted molar refractivity (Wildman–Crippen MR) is 56.6 cm³/mol. The van der Waals surface area contributed by atoms with E-state index in [1.807, 2.05) is 6.92 Å². The number of hydrogen-bond donors (Lipinski definition) is 0. The number of nitrogens with zero attached hydrogens (tertiary/aromatic N) is 4. The first-order valence-corrected chi connectivity index (χ1v) is 4.88. The average molecular weight is 238 g/mol. The fourth-order valence-corrected chi connectivity index (χ4v) is 1.53. The summed E-state index contributed by atoms with van der Waals surface area (Å²) in [4.78, 5) is 21.2. The SMILES string of the molecule is CCCN1C=C([N+](=O)[O-])C=C([N+](=O)[O-])C1C#N. The van der Waals surface area contributed by atoms with Crippen LogP contribution in [-0.2, 0) is 0 Å². The molecule has 1 atom stereocenters. The molecular weight excluding hydrogens is 228 g/mol. The van der Waals surface area contributed by atoms with E-state index in [0.29, 0.717) is 13.0 Å². The maximum absolute atomic E-state index is 10.8. The molecule has 1 rings (SSSR count). The van der Waals surface area contributed by atoms with E-state index in [1.165, 1.54) is 11.1 Å². The number of nitriles is 1. The second kappa shape index (κ2) is 5.07. The number of allylic oxidation sites excluding steroid dienone is 1. The van der Waals surface area contributed by atoms with Crippen LogP contribution in [0.3, 0.4) is 0 Å². The van der Waals surface area contributed by atoms with Gasteiger partial charge >= 0.3 is 0 Å². The van der Waals surface area contributed by atoms with Crippen molar-refractivity contribution in [3.8, 4) is 6.07 Å². The molecule has 0 aromatic carbocycles. The lowest BCUT2D eigenvalue weighted by Gasteiger charge is -2.24. The monoisotopic (exact) mass is 238 g/mol. The summed E-state index contributed by atoms with van der Waals surface area (Å²) in [6.45, 7) is 2.17. The average Bonchev–Trinajstić information content (AvgIpc) is 2.28. The van der Waals surface area contributed by atoms with E-state index in [0.717, 1.165) is 6.08 Å². The third-order valence-corrected chi connectivity index (χ3v) is 2.23. The van der Waals surface area contributed by atoms with Gasteiger partial charge in [0, 0.05) is 6.54 Å². The van der Waals surface area contributed by atoms with Gasteiger partial charge in [0.15, 0.2) is 0 Å². The van der Waals surface area contributed by atoms with Crippen LogP contribution in [0.1, 0.15) is 13.3 Å². The van der Waals surface area contributed by atoms with Gasteiger partial charge in [-0.05, 0) is 6.42 Å². The van der Waals surface area contributed by atoms with E-state index in [1.54, 1.807) is 6.07 Å². The minimum absolute atomic E-state index is 0.348. The number of nitro groups is 2. The van der Waals surface area contributed by atoms with E-state index in [9.17, 15) is 20.2 Å². The van der Waals surface area contributed by atoms with Crippen LogP contribution in [0.15, 0.2) is 23.7 Å². The molecule has 0 N–H and O–H groups in total. The Bertz CT molecular complexity index is 448. The Labute approximate surface area is 96.7 Å². The highest BCUT2D eigenvalue weighted by Gasteiger charge is 2.36. The molecule has 0 radical (unpaired) electrons. The highest BCUT2D eigenvalue weighted by atomic mass is 16.6. The van der Waals surface area contributed by atoms with Gasteiger partial charge in [-0.3, -0.25) is 20.2 Å². The molecule has 17 heavy (non-hydrogen) atoms. The van der Waals surface area contributed by atoms with E-state index in [-0.39, 0.29) is 5.70 Å². The molecule has 0 bridgehead atoms. The summed E-state index contributed by atoms with van der Waals surface area (Å²) in [5.74, 6) is 0. The quantitative estimate of drug-likeness (QED) is 0.530. The zero-order valence-corrected chi connectivity index (χ0v) is 9.07. The van der Waals surface area contributed by atoms with Crippen LogP contribution in [0.2, 0.25) is 0 Å². The van der Waals surface area contributed by atoms with Crippen molar-refractivity contribution in [1.29, 1.82) is 5.26 Å². The molecule has 1 unspecified atom stereocenters. The molecule has 8 heteroatoms. The molecular formula is C9H10N4O4. The summed E-state index contributed by atoms with van der Waals surface area (Å²) in [5.41, 5.74) is -0.841. The summed E-state index contributed by atoms with van der Waals surface area (Å²) in [6.07, 6.45) is 2.63. The molecule has 0 aromatic heterocycles. The van der Waals surface area contributed by atoms with Crippen molar-refractivity contribution >= 4 is 0 Å². The van der Waals surface area contributed by atoms with Crippen LogP contribution in [0.4, 0.5) is 0 Å². The Morgan fingerprint density at radius 3 is 2.53 bits per heavy atom. The summed E-state index contributed by atoms with van der Waals surface area (Å²) in [5, 5.41) is 30.3. The summed E-state index contributed by atoms with van der Waals surface area (Å²) >= 11 is 0. The Balaban J connectivity index is 3.18. The van der Waals surface area contributed by atoms with Crippen LogP contribution in [0.5, 0.6) is 0 Å². The predicted octanol–water partition coefficient (Wildman–Crippen LogP) is 0.883. The molecule has 0 amide bonds. The van der Waals surface area contributed by atoms with Crippen molar-refractivity contribution in [3.05, 3.63) is 43.9 Å². The van der Waals surface area contributed by atoms with Gasteiger partial charge in [-0.2, -0.15) is 5.26 Å². The van der Waals surface area contributed by atoms with Crippen LogP contribution < -0.4 is 0 Å². The first-order chi connectivity index (χ1) is 8.01. The fraction of sp³-hybridized carbons (Fsp3) is 0.444. The lowest BCUT2D eigenvalue weighted by Crippen LogP contribution is -2.37. The first kappa shape index (κ1) is 12.6. The second-order valence-corrected chi connectivity index (χ2v) is 3.41. The van der Waals surface area contributed by atoms with Crippen LogP contribution in [-0.4, -0.2) is 27.3 Å². The molecule has 8 nitrogen and oxygen atoms in total. The maximum Gasteiger partial charge on any atom is 0.291 e. The highest BCUT2D eigenvalue weighted by Crippen LogP contribution is 2.21. The van der Waals surface area contributed by atoms with Gasteiger partial charge in [0.05, 0.1) is 28.2 Å². The minimum Gasteiger partial charge on any atom is -0.347 e. The summed E-state index contributed by atoms with van der Waals surface area (Å²) in [7, 11) is 0. The smallest absolute Gasteiger partial charge is 0.291 e. The minimum atomic E-state index is -1.08. The lowest BCUT2D eigenvalue weighted by molar-refractivity contribution is -0.442. The van der Waals surface area contributed by atoms with Crippen molar-refractivity contribution in [2.24, 2.45) is 0 Å². The largest absolute Gasteiger partial charge is 0.347 e. The van der Waals surface area contributed by atoms with Crippen molar-refractivity contribution < 1.29 is 9.85 Å². The van der Waals surface area contributed by atoms with Gasteiger partial charge in [0.2, 0.25) is 6.04 Å². The first-order valence-electron chi connectivity index (χ1n) is 4.88. The Morgan fingerprint density at radius 1 is 1.47 bits per heavy atom. The lowest BCUT2D eigenvalue weighted by atomic mass is 10.1. The Morgan fingerprint density at radius 2 is 2.12 bits per heavy atom. The Hall–Kier alpha value is -2.43. The van der Waals surface area contributed by atoms with E-state index < -0.39 is 21.6 Å². The van der Waals surface area contributed by atoms with Crippen molar-refractivity contribution in [2.75, 3.05) is 6.54 Å². The molecule has 0 aromatic rings. The van der Waals surface area contributed by atoms with Crippen LogP contribution >= 0.6 is 0 Å². The van der Waals surface area contributed by atoms with Gasteiger partial charge in [0.25, 0.3) is 11.4 Å². The topological polar surface area (TPSA) is 113 Å². The van der Waals surface area contributed by atoms with Crippen molar-refractivity contribution in [1.82, 2.24) is 4.90 Å². The van der Waals surface area contributed by atoms with E-state index in [2.05, 4.69) is 0 Å². The molecule has 1 heterocycles. The molecule has 0 aliphatic carbocycles. The zero-order valence-electron chi connectivity index (χ0n) is 9.07. The maximum atomic E-state index is 10.8. The molecule has 1 aliphatic rings. The zero-order chi connectivity index (χ0) is 13.0. The van der Waals surface area contributed by atoms with E-state index >= 15 is 0 Å². The molecule has 90 valence electrons. The number of rotatable bonds is 4. The molecule has 0 fully saturated rings. The van der Waals surface area contributed by atoms with Crippen LogP contribution in [0.25, 0.3) is 0 Å². The summed E-state index contributed by atoms with van der Waals surface area (Å²) < 4.78 is 0. The molecule has 0 spiro atoms. The highest BCUT2D eigenvalue weighted by molar-refractivity contribution is 5.27. The molecule has 0 saturated heterocycles. The third kappa shape index (κ3) is 2.57. The van der Waals surface area contributed by atoms with Crippen LogP contribution in [0, 0.1) is 31.6 Å². The fourth-order valence-electron chi connectivity index (χ4n) is 1.53.